The molecule has 20 heavy (non-hydrogen) atoms. The third kappa shape index (κ3) is 3.22. The summed E-state index contributed by atoms with van der Waals surface area (Å²) < 4.78 is 31.8. The summed E-state index contributed by atoms with van der Waals surface area (Å²) in [5, 5.41) is 3.27. The fourth-order valence-corrected chi connectivity index (χ4v) is 3.78. The Morgan fingerprint density at radius 1 is 1.60 bits per heavy atom. The number of aromatic nitrogens is 1. The van der Waals surface area contributed by atoms with Gasteiger partial charge in [0.15, 0.2) is 0 Å². The van der Waals surface area contributed by atoms with E-state index in [0.717, 1.165) is 0 Å². The number of anilines is 1. The molecule has 1 aromatic heterocycles. The smallest absolute Gasteiger partial charge is 0.244 e. The minimum absolute atomic E-state index is 0.108. The van der Waals surface area contributed by atoms with Crippen molar-refractivity contribution in [3.05, 3.63) is 17.3 Å². The van der Waals surface area contributed by atoms with Crippen LogP contribution >= 0.6 is 11.6 Å². The molecule has 0 amide bonds. The first kappa shape index (κ1) is 15.5. The van der Waals surface area contributed by atoms with Gasteiger partial charge in [-0.3, -0.25) is 0 Å². The minimum atomic E-state index is -3.57. The summed E-state index contributed by atoms with van der Waals surface area (Å²) in [5.74, 6) is 0.489. The monoisotopic (exact) mass is 319 g/mol. The van der Waals surface area contributed by atoms with E-state index in [4.69, 9.17) is 16.3 Å². The van der Waals surface area contributed by atoms with Crippen LogP contribution in [0.25, 0.3) is 0 Å². The first-order valence-electron chi connectivity index (χ1n) is 6.46. The zero-order valence-electron chi connectivity index (χ0n) is 11.5. The van der Waals surface area contributed by atoms with Crippen molar-refractivity contribution in [1.29, 1.82) is 0 Å². The number of nitrogens with one attached hydrogen (secondary N) is 1. The molecule has 1 aliphatic rings. The topological polar surface area (TPSA) is 71.5 Å². The second-order valence-electron chi connectivity index (χ2n) is 4.58. The maximum Gasteiger partial charge on any atom is 0.244 e. The predicted octanol–water partition coefficient (Wildman–Crippen LogP) is 1.58. The Kier molecular flexibility index (Phi) is 4.85. The Morgan fingerprint density at radius 2 is 2.35 bits per heavy atom. The molecule has 2 heterocycles. The van der Waals surface area contributed by atoms with Crippen molar-refractivity contribution in [3.8, 4) is 0 Å². The minimum Gasteiger partial charge on any atom is -0.376 e. The van der Waals surface area contributed by atoms with Gasteiger partial charge in [-0.1, -0.05) is 11.6 Å². The first-order chi connectivity index (χ1) is 9.45. The summed E-state index contributed by atoms with van der Waals surface area (Å²) >= 11 is 6.05. The SMILES string of the molecule is CCNc1ncc(S(=O)(=O)N2CCOC(C)C2)cc1Cl. The summed E-state index contributed by atoms with van der Waals surface area (Å²) in [7, 11) is -3.57. The lowest BCUT2D eigenvalue weighted by Gasteiger charge is -2.30. The first-order valence-corrected chi connectivity index (χ1v) is 8.28. The Labute approximate surface area is 124 Å². The largest absolute Gasteiger partial charge is 0.376 e. The Balaban J connectivity index is 2.27. The lowest BCUT2D eigenvalue weighted by molar-refractivity contribution is 0.0102. The highest BCUT2D eigenvalue weighted by Crippen LogP contribution is 2.25. The second-order valence-corrected chi connectivity index (χ2v) is 6.92. The predicted molar refractivity (Wildman–Crippen MR) is 77.6 cm³/mol. The van der Waals surface area contributed by atoms with Gasteiger partial charge in [0.25, 0.3) is 0 Å². The molecule has 0 spiro atoms. The lowest BCUT2D eigenvalue weighted by Crippen LogP contribution is -2.44. The molecule has 0 radical (unpaired) electrons. The highest BCUT2D eigenvalue weighted by atomic mass is 35.5. The summed E-state index contributed by atoms with van der Waals surface area (Å²) in [6.45, 7) is 5.52. The van der Waals surface area contributed by atoms with Crippen LogP contribution < -0.4 is 5.32 Å². The van der Waals surface area contributed by atoms with Crippen molar-refractivity contribution in [2.24, 2.45) is 0 Å². The van der Waals surface area contributed by atoms with Gasteiger partial charge in [-0.2, -0.15) is 4.31 Å². The average Bonchev–Trinajstić information content (AvgIpc) is 2.41. The van der Waals surface area contributed by atoms with E-state index in [2.05, 4.69) is 10.3 Å². The molecule has 1 aromatic rings. The lowest BCUT2D eigenvalue weighted by atomic mass is 10.3. The normalized spacial score (nSPS) is 20.9. The van der Waals surface area contributed by atoms with Gasteiger partial charge < -0.3 is 10.1 Å². The molecule has 1 N–H and O–H groups in total. The average molecular weight is 320 g/mol. The Morgan fingerprint density at radius 3 is 2.95 bits per heavy atom. The molecule has 1 unspecified atom stereocenters. The molecule has 1 saturated heterocycles. The molecule has 2 rings (SSSR count). The fourth-order valence-electron chi connectivity index (χ4n) is 2.01. The van der Waals surface area contributed by atoms with Crippen LogP contribution in [0.2, 0.25) is 5.02 Å². The number of pyridine rings is 1. The van der Waals surface area contributed by atoms with Gasteiger partial charge in [0.1, 0.15) is 10.7 Å². The Hall–Kier alpha value is -0.890. The number of rotatable bonds is 4. The van der Waals surface area contributed by atoms with Crippen LogP contribution in [0.5, 0.6) is 0 Å². The van der Waals surface area contributed by atoms with E-state index in [0.29, 0.717) is 37.1 Å². The third-order valence-corrected chi connectivity index (χ3v) is 5.12. The molecule has 6 nitrogen and oxygen atoms in total. The maximum absolute atomic E-state index is 12.5. The van der Waals surface area contributed by atoms with Gasteiger partial charge >= 0.3 is 0 Å². The maximum atomic E-state index is 12.5. The van der Waals surface area contributed by atoms with Crippen LogP contribution in [0.3, 0.4) is 0 Å². The summed E-state index contributed by atoms with van der Waals surface area (Å²) in [5.41, 5.74) is 0. The van der Waals surface area contributed by atoms with Crippen molar-refractivity contribution in [1.82, 2.24) is 9.29 Å². The van der Waals surface area contributed by atoms with Crippen LogP contribution in [0.1, 0.15) is 13.8 Å². The molecular weight excluding hydrogens is 302 g/mol. The van der Waals surface area contributed by atoms with Crippen molar-refractivity contribution in [3.63, 3.8) is 0 Å². The van der Waals surface area contributed by atoms with Gasteiger partial charge in [-0.25, -0.2) is 13.4 Å². The molecule has 0 bridgehead atoms. The van der Waals surface area contributed by atoms with Crippen LogP contribution in [-0.4, -0.2) is 50.1 Å². The number of halogens is 1. The number of nitrogens with zero attached hydrogens (tertiary/aromatic N) is 2. The van der Waals surface area contributed by atoms with Crippen LogP contribution in [-0.2, 0) is 14.8 Å². The van der Waals surface area contributed by atoms with E-state index >= 15 is 0 Å². The van der Waals surface area contributed by atoms with E-state index < -0.39 is 10.0 Å². The number of hydrogen-bond acceptors (Lipinski definition) is 5. The molecule has 1 atom stereocenters. The zero-order chi connectivity index (χ0) is 14.8. The number of sulfonamides is 1. The van der Waals surface area contributed by atoms with Gasteiger partial charge in [-0.15, -0.1) is 0 Å². The molecule has 8 heteroatoms. The van der Waals surface area contributed by atoms with Crippen molar-refractivity contribution in [2.75, 3.05) is 31.6 Å². The number of ether oxygens (including phenoxy) is 1. The van der Waals surface area contributed by atoms with Gasteiger partial charge in [0, 0.05) is 25.8 Å². The molecule has 0 saturated carbocycles. The molecule has 1 aliphatic heterocycles. The van der Waals surface area contributed by atoms with Gasteiger partial charge in [0.2, 0.25) is 10.0 Å². The van der Waals surface area contributed by atoms with E-state index in [9.17, 15) is 8.42 Å². The van der Waals surface area contributed by atoms with Crippen molar-refractivity contribution >= 4 is 27.4 Å². The molecule has 0 aromatic carbocycles. The number of morpholine rings is 1. The summed E-state index contributed by atoms with van der Waals surface area (Å²) in [6.07, 6.45) is 1.22. The zero-order valence-corrected chi connectivity index (χ0v) is 13.0. The highest BCUT2D eigenvalue weighted by Gasteiger charge is 2.29. The van der Waals surface area contributed by atoms with E-state index in [-0.39, 0.29) is 11.0 Å². The van der Waals surface area contributed by atoms with E-state index in [1.54, 1.807) is 0 Å². The number of hydrogen-bond donors (Lipinski definition) is 1. The molecule has 1 fully saturated rings. The quantitative estimate of drug-likeness (QED) is 0.912. The van der Waals surface area contributed by atoms with Gasteiger partial charge in [-0.05, 0) is 19.9 Å². The third-order valence-electron chi connectivity index (χ3n) is 3.00. The van der Waals surface area contributed by atoms with Crippen LogP contribution in [0, 0.1) is 0 Å². The van der Waals surface area contributed by atoms with Crippen molar-refractivity contribution < 1.29 is 13.2 Å². The van der Waals surface area contributed by atoms with Crippen LogP contribution in [0.15, 0.2) is 17.2 Å². The van der Waals surface area contributed by atoms with Gasteiger partial charge in [0.05, 0.1) is 17.7 Å². The van der Waals surface area contributed by atoms with E-state index in [1.165, 1.54) is 16.6 Å². The van der Waals surface area contributed by atoms with Crippen LogP contribution in [0.4, 0.5) is 5.82 Å². The standard InChI is InChI=1S/C12H18ClN3O3S/c1-3-14-12-11(13)6-10(7-15-12)20(17,18)16-4-5-19-9(2)8-16/h6-7,9H,3-5,8H2,1-2H3,(H,14,15). The van der Waals surface area contributed by atoms with Crippen molar-refractivity contribution in [2.45, 2.75) is 24.8 Å². The Bertz CT molecular complexity index is 579. The summed E-state index contributed by atoms with van der Waals surface area (Å²) in [6, 6.07) is 1.43. The summed E-state index contributed by atoms with van der Waals surface area (Å²) in [4.78, 5) is 4.18. The molecule has 0 aliphatic carbocycles. The molecular formula is C12H18ClN3O3S. The highest BCUT2D eigenvalue weighted by molar-refractivity contribution is 7.89. The fraction of sp³-hybridized carbons (Fsp3) is 0.583. The second kappa shape index (κ2) is 6.26. The van der Waals surface area contributed by atoms with E-state index in [1.807, 2.05) is 13.8 Å². The molecule has 112 valence electrons.